The quantitative estimate of drug-likeness (QED) is 0.714. The van der Waals surface area contributed by atoms with Gasteiger partial charge in [-0.1, -0.05) is 0 Å². The SMILES string of the molecule is CC(=O)N1CCN(C(=O)C(C)N2CCN(C(=O)OC(C)(C)C)CC2)CC1. The van der Waals surface area contributed by atoms with E-state index in [2.05, 4.69) is 4.90 Å². The molecule has 148 valence electrons. The fourth-order valence-electron chi connectivity index (χ4n) is 3.28. The lowest BCUT2D eigenvalue weighted by Gasteiger charge is -2.41. The Labute approximate surface area is 156 Å². The van der Waals surface area contributed by atoms with E-state index in [1.807, 2.05) is 32.6 Å². The summed E-state index contributed by atoms with van der Waals surface area (Å²) in [5.74, 6) is 0.155. The first-order valence-corrected chi connectivity index (χ1v) is 9.35. The van der Waals surface area contributed by atoms with Crippen molar-refractivity contribution >= 4 is 17.9 Å². The van der Waals surface area contributed by atoms with Gasteiger partial charge in [0.1, 0.15) is 5.60 Å². The predicted molar refractivity (Wildman–Crippen MR) is 97.7 cm³/mol. The zero-order valence-electron chi connectivity index (χ0n) is 16.7. The molecule has 0 radical (unpaired) electrons. The summed E-state index contributed by atoms with van der Waals surface area (Å²) in [4.78, 5) is 43.7. The Hall–Kier alpha value is -1.83. The van der Waals surface area contributed by atoms with Crippen molar-refractivity contribution in [2.45, 2.75) is 46.3 Å². The van der Waals surface area contributed by atoms with Crippen molar-refractivity contribution in [3.8, 4) is 0 Å². The van der Waals surface area contributed by atoms with Gasteiger partial charge >= 0.3 is 6.09 Å². The van der Waals surface area contributed by atoms with Crippen molar-refractivity contribution in [2.75, 3.05) is 52.4 Å². The van der Waals surface area contributed by atoms with E-state index in [9.17, 15) is 14.4 Å². The molecule has 2 rings (SSSR count). The third kappa shape index (κ3) is 5.33. The molecule has 8 heteroatoms. The number of carbonyl (C=O) groups excluding carboxylic acids is 3. The van der Waals surface area contributed by atoms with Crippen LogP contribution in [0.3, 0.4) is 0 Å². The number of rotatable bonds is 2. The molecule has 2 heterocycles. The smallest absolute Gasteiger partial charge is 0.410 e. The van der Waals surface area contributed by atoms with Crippen molar-refractivity contribution in [3.05, 3.63) is 0 Å². The van der Waals surface area contributed by atoms with Gasteiger partial charge in [-0.2, -0.15) is 0 Å². The minimum Gasteiger partial charge on any atom is -0.444 e. The molecule has 0 spiro atoms. The van der Waals surface area contributed by atoms with Crippen LogP contribution >= 0.6 is 0 Å². The van der Waals surface area contributed by atoms with Crippen molar-refractivity contribution in [1.29, 1.82) is 0 Å². The van der Waals surface area contributed by atoms with Crippen molar-refractivity contribution in [3.63, 3.8) is 0 Å². The zero-order valence-corrected chi connectivity index (χ0v) is 16.7. The monoisotopic (exact) mass is 368 g/mol. The van der Waals surface area contributed by atoms with Gasteiger partial charge in [-0.3, -0.25) is 14.5 Å². The number of piperazine rings is 2. The summed E-state index contributed by atoms with van der Waals surface area (Å²) in [5.41, 5.74) is -0.501. The van der Waals surface area contributed by atoms with E-state index >= 15 is 0 Å². The average Bonchev–Trinajstić information content (AvgIpc) is 2.59. The van der Waals surface area contributed by atoms with Crippen LogP contribution in [0, 0.1) is 0 Å². The minimum absolute atomic E-state index is 0.0587. The number of ether oxygens (including phenoxy) is 1. The van der Waals surface area contributed by atoms with Crippen LogP contribution in [0.1, 0.15) is 34.6 Å². The summed E-state index contributed by atoms with van der Waals surface area (Å²) >= 11 is 0. The van der Waals surface area contributed by atoms with Gasteiger partial charge in [0.05, 0.1) is 6.04 Å². The van der Waals surface area contributed by atoms with E-state index in [1.165, 1.54) is 0 Å². The number of amides is 3. The maximum Gasteiger partial charge on any atom is 0.410 e. The second kappa shape index (κ2) is 8.24. The highest BCUT2D eigenvalue weighted by Gasteiger charge is 2.32. The molecule has 0 aromatic heterocycles. The second-order valence-corrected chi connectivity index (χ2v) is 8.01. The molecule has 2 fully saturated rings. The van der Waals surface area contributed by atoms with Crippen LogP contribution in [-0.4, -0.2) is 102 Å². The Morgan fingerprint density at radius 3 is 1.73 bits per heavy atom. The van der Waals surface area contributed by atoms with Crippen LogP contribution in [0.2, 0.25) is 0 Å². The molecule has 0 aromatic rings. The largest absolute Gasteiger partial charge is 0.444 e. The molecule has 3 amide bonds. The molecule has 0 aliphatic carbocycles. The summed E-state index contributed by atoms with van der Waals surface area (Å²) in [6.07, 6.45) is -0.295. The van der Waals surface area contributed by atoms with Crippen molar-refractivity contribution < 1.29 is 19.1 Å². The third-order valence-electron chi connectivity index (χ3n) is 4.91. The molecule has 0 saturated carbocycles. The molecule has 0 N–H and O–H groups in total. The number of hydrogen-bond donors (Lipinski definition) is 0. The topological polar surface area (TPSA) is 73.4 Å². The Morgan fingerprint density at radius 2 is 1.27 bits per heavy atom. The maximum atomic E-state index is 12.8. The summed E-state index contributed by atoms with van der Waals surface area (Å²) < 4.78 is 5.41. The number of hydrogen-bond acceptors (Lipinski definition) is 5. The fraction of sp³-hybridized carbons (Fsp3) is 0.833. The lowest BCUT2D eigenvalue weighted by atomic mass is 10.2. The standard InChI is InChI=1S/C18H32N4O4/c1-14(16(24)21-10-8-20(9-11-21)15(2)23)19-6-12-22(13-7-19)17(25)26-18(3,4)5/h14H,6-13H2,1-5H3. The van der Waals surface area contributed by atoms with Crippen LogP contribution < -0.4 is 0 Å². The normalized spacial score (nSPS) is 20.7. The van der Waals surface area contributed by atoms with Crippen LogP contribution in [0.4, 0.5) is 4.79 Å². The van der Waals surface area contributed by atoms with Crippen LogP contribution in [0.15, 0.2) is 0 Å². The van der Waals surface area contributed by atoms with E-state index < -0.39 is 5.60 Å². The van der Waals surface area contributed by atoms with E-state index in [1.54, 1.807) is 16.7 Å². The second-order valence-electron chi connectivity index (χ2n) is 8.01. The average molecular weight is 368 g/mol. The first-order chi connectivity index (χ1) is 12.1. The molecular weight excluding hydrogens is 336 g/mol. The molecule has 0 bridgehead atoms. The van der Waals surface area contributed by atoms with Gasteiger partial charge < -0.3 is 19.4 Å². The lowest BCUT2D eigenvalue weighted by molar-refractivity contribution is -0.142. The molecule has 1 unspecified atom stereocenters. The first-order valence-electron chi connectivity index (χ1n) is 9.35. The molecule has 2 aliphatic heterocycles. The Balaban J connectivity index is 1.81. The third-order valence-corrected chi connectivity index (χ3v) is 4.91. The summed E-state index contributed by atoms with van der Waals surface area (Å²) in [5, 5.41) is 0. The summed E-state index contributed by atoms with van der Waals surface area (Å²) in [6.45, 7) is 13.8. The van der Waals surface area contributed by atoms with Crippen molar-refractivity contribution in [2.24, 2.45) is 0 Å². The van der Waals surface area contributed by atoms with Gasteiger partial charge in [-0.05, 0) is 27.7 Å². The Morgan fingerprint density at radius 1 is 0.808 bits per heavy atom. The highest BCUT2D eigenvalue weighted by molar-refractivity contribution is 5.82. The van der Waals surface area contributed by atoms with E-state index in [0.717, 1.165) is 0 Å². The Bertz CT molecular complexity index is 530. The molecule has 2 saturated heterocycles. The summed E-state index contributed by atoms with van der Waals surface area (Å²) in [7, 11) is 0. The lowest BCUT2D eigenvalue weighted by Crippen LogP contribution is -2.58. The first kappa shape index (κ1) is 20.5. The zero-order chi connectivity index (χ0) is 19.5. The van der Waals surface area contributed by atoms with Gasteiger partial charge in [0, 0.05) is 59.3 Å². The molecule has 26 heavy (non-hydrogen) atoms. The van der Waals surface area contributed by atoms with E-state index in [0.29, 0.717) is 52.4 Å². The van der Waals surface area contributed by atoms with E-state index in [4.69, 9.17) is 4.74 Å². The molecular formula is C18H32N4O4. The maximum absolute atomic E-state index is 12.8. The number of carbonyl (C=O) groups is 3. The van der Waals surface area contributed by atoms with Crippen LogP contribution in [-0.2, 0) is 14.3 Å². The Kier molecular flexibility index (Phi) is 6.49. The van der Waals surface area contributed by atoms with Crippen LogP contribution in [0.5, 0.6) is 0 Å². The molecule has 1 atom stereocenters. The highest BCUT2D eigenvalue weighted by atomic mass is 16.6. The number of nitrogens with zero attached hydrogens (tertiary/aromatic N) is 4. The molecule has 0 aromatic carbocycles. The predicted octanol–water partition coefficient (Wildman–Crippen LogP) is 0.618. The van der Waals surface area contributed by atoms with E-state index in [-0.39, 0.29) is 23.9 Å². The van der Waals surface area contributed by atoms with Gasteiger partial charge in [0.2, 0.25) is 11.8 Å². The fourth-order valence-corrected chi connectivity index (χ4v) is 3.28. The van der Waals surface area contributed by atoms with Gasteiger partial charge in [-0.25, -0.2) is 4.79 Å². The van der Waals surface area contributed by atoms with Crippen LogP contribution in [0.25, 0.3) is 0 Å². The summed E-state index contributed by atoms with van der Waals surface area (Å²) in [6, 6.07) is -0.223. The molecule has 2 aliphatic rings. The van der Waals surface area contributed by atoms with Gasteiger partial charge in [0.15, 0.2) is 0 Å². The van der Waals surface area contributed by atoms with Gasteiger partial charge in [0.25, 0.3) is 0 Å². The van der Waals surface area contributed by atoms with Crippen molar-refractivity contribution in [1.82, 2.24) is 19.6 Å². The molecule has 8 nitrogen and oxygen atoms in total. The van der Waals surface area contributed by atoms with Gasteiger partial charge in [-0.15, -0.1) is 0 Å². The minimum atomic E-state index is -0.501. The highest BCUT2D eigenvalue weighted by Crippen LogP contribution is 2.14.